The van der Waals surface area contributed by atoms with Crippen LogP contribution in [0.3, 0.4) is 0 Å². The van der Waals surface area contributed by atoms with E-state index in [0.717, 1.165) is 56.5 Å². The Morgan fingerprint density at radius 2 is 1.89 bits per heavy atom. The van der Waals surface area contributed by atoms with Crippen LogP contribution < -0.4 is 10.5 Å². The van der Waals surface area contributed by atoms with Crippen LogP contribution in [0.4, 0.5) is 10.5 Å². The predicted molar refractivity (Wildman–Crippen MR) is 109 cm³/mol. The van der Waals surface area contributed by atoms with Crippen molar-refractivity contribution in [2.24, 2.45) is 5.41 Å². The van der Waals surface area contributed by atoms with Crippen molar-refractivity contribution < 1.29 is 9.53 Å². The number of carbonyl (C=O) groups excluding carboxylic acids is 1. The van der Waals surface area contributed by atoms with Crippen LogP contribution in [0.25, 0.3) is 10.8 Å². The van der Waals surface area contributed by atoms with Gasteiger partial charge in [-0.05, 0) is 57.6 Å². The van der Waals surface area contributed by atoms with E-state index in [9.17, 15) is 9.59 Å². The van der Waals surface area contributed by atoms with Crippen LogP contribution in [0.5, 0.6) is 0 Å². The van der Waals surface area contributed by atoms with Gasteiger partial charge in [-0.3, -0.25) is 4.79 Å². The zero-order valence-corrected chi connectivity index (χ0v) is 16.8. The summed E-state index contributed by atoms with van der Waals surface area (Å²) in [7, 11) is 0. The van der Waals surface area contributed by atoms with Gasteiger partial charge in [-0.25, -0.2) is 9.89 Å². The summed E-state index contributed by atoms with van der Waals surface area (Å²) >= 11 is 0. The monoisotopic (exact) mass is 384 g/mol. The molecule has 7 nitrogen and oxygen atoms in total. The number of benzene rings is 1. The average Bonchev–Trinajstić information content (AvgIpc) is 3.05. The molecule has 28 heavy (non-hydrogen) atoms. The Kier molecular flexibility index (Phi) is 4.56. The van der Waals surface area contributed by atoms with E-state index >= 15 is 0 Å². The number of nitrogens with zero attached hydrogens (tertiary/aromatic N) is 3. The van der Waals surface area contributed by atoms with Crippen molar-refractivity contribution in [3.05, 3.63) is 34.7 Å². The summed E-state index contributed by atoms with van der Waals surface area (Å²) in [5.74, 6) is 0. The number of amides is 1. The molecule has 2 aliphatic heterocycles. The summed E-state index contributed by atoms with van der Waals surface area (Å²) in [5.41, 5.74) is 0.642. The molecule has 0 unspecified atom stereocenters. The molecule has 2 fully saturated rings. The van der Waals surface area contributed by atoms with Crippen LogP contribution in [-0.4, -0.2) is 53.0 Å². The number of H-pyrrole nitrogens is 1. The zero-order valence-electron chi connectivity index (χ0n) is 16.8. The number of carbonyl (C=O) groups is 1. The number of likely N-dealkylation sites (tertiary alicyclic amines) is 1. The Hall–Kier alpha value is -2.57. The quantitative estimate of drug-likeness (QED) is 0.817. The number of rotatable bonds is 1. The minimum absolute atomic E-state index is 0.156. The second-order valence-electron chi connectivity index (χ2n) is 9.11. The smallest absolute Gasteiger partial charge is 0.410 e. The highest BCUT2D eigenvalue weighted by molar-refractivity contribution is 5.84. The molecular formula is C21H28N4O3. The van der Waals surface area contributed by atoms with Gasteiger partial charge in [0.1, 0.15) is 5.60 Å². The molecule has 1 aromatic carbocycles. The maximum atomic E-state index is 12.4. The van der Waals surface area contributed by atoms with Gasteiger partial charge < -0.3 is 14.5 Å². The molecule has 1 spiro atoms. The van der Waals surface area contributed by atoms with Crippen molar-refractivity contribution in [2.75, 3.05) is 31.1 Å². The first-order chi connectivity index (χ1) is 13.2. The first-order valence-electron chi connectivity index (χ1n) is 9.95. The van der Waals surface area contributed by atoms with Crippen LogP contribution in [0.15, 0.2) is 29.2 Å². The third-order valence-corrected chi connectivity index (χ3v) is 5.93. The van der Waals surface area contributed by atoms with Crippen molar-refractivity contribution in [1.82, 2.24) is 15.1 Å². The molecule has 1 amide bonds. The maximum Gasteiger partial charge on any atom is 0.410 e. The number of fused-ring (bicyclic) bond motifs is 1. The lowest BCUT2D eigenvalue weighted by Gasteiger charge is -2.40. The fraction of sp³-hybridized carbons (Fsp3) is 0.571. The first kappa shape index (κ1) is 18.8. The van der Waals surface area contributed by atoms with Crippen LogP contribution in [-0.2, 0) is 4.74 Å². The molecule has 2 aromatic rings. The van der Waals surface area contributed by atoms with E-state index in [1.807, 2.05) is 37.8 Å². The predicted octanol–water partition coefficient (Wildman–Crippen LogP) is 3.15. The third-order valence-electron chi connectivity index (χ3n) is 5.93. The molecule has 1 aromatic heterocycles. The topological polar surface area (TPSA) is 78.5 Å². The van der Waals surface area contributed by atoms with Crippen molar-refractivity contribution in [1.29, 1.82) is 0 Å². The Labute approximate surface area is 164 Å². The fourth-order valence-corrected chi connectivity index (χ4v) is 4.34. The second kappa shape index (κ2) is 6.79. The van der Waals surface area contributed by atoms with Crippen molar-refractivity contribution >= 4 is 22.6 Å². The van der Waals surface area contributed by atoms with E-state index in [2.05, 4.69) is 21.2 Å². The first-order valence-corrected chi connectivity index (χ1v) is 9.95. The van der Waals surface area contributed by atoms with Crippen LogP contribution in [0.1, 0.15) is 40.0 Å². The van der Waals surface area contributed by atoms with Crippen LogP contribution in [0, 0.1) is 5.41 Å². The SMILES string of the molecule is CC(C)(C)OC(=O)N1CCC2(CCN(c3ccc4cn[nH]c(=O)c4c3)CC2)C1. The molecule has 0 saturated carbocycles. The summed E-state index contributed by atoms with van der Waals surface area (Å²) in [5, 5.41) is 7.88. The summed E-state index contributed by atoms with van der Waals surface area (Å²) in [4.78, 5) is 28.6. The fourth-order valence-electron chi connectivity index (χ4n) is 4.34. The molecule has 7 heteroatoms. The number of hydrogen-bond donors (Lipinski definition) is 1. The highest BCUT2D eigenvalue weighted by Gasteiger charge is 2.43. The van der Waals surface area contributed by atoms with Crippen LogP contribution >= 0.6 is 0 Å². The Morgan fingerprint density at radius 1 is 1.18 bits per heavy atom. The van der Waals surface area contributed by atoms with Gasteiger partial charge in [0, 0.05) is 37.3 Å². The van der Waals surface area contributed by atoms with E-state index in [4.69, 9.17) is 4.74 Å². The van der Waals surface area contributed by atoms with Gasteiger partial charge in [0.2, 0.25) is 0 Å². The molecule has 0 radical (unpaired) electrons. The molecule has 3 heterocycles. The van der Waals surface area contributed by atoms with E-state index < -0.39 is 5.60 Å². The maximum absolute atomic E-state index is 12.4. The standard InChI is InChI=1S/C21H28N4O3/c1-20(2,3)28-19(27)25-11-8-21(14-25)6-9-24(10-7-21)16-5-4-15-13-22-23-18(26)17(15)12-16/h4-5,12-13H,6-11,14H2,1-3H3,(H,23,26). The average molecular weight is 384 g/mol. The molecule has 1 N–H and O–H groups in total. The number of piperidine rings is 1. The van der Waals surface area contributed by atoms with E-state index in [1.54, 1.807) is 6.20 Å². The van der Waals surface area contributed by atoms with Crippen LogP contribution in [0.2, 0.25) is 0 Å². The Morgan fingerprint density at radius 3 is 2.61 bits per heavy atom. The highest BCUT2D eigenvalue weighted by Crippen LogP contribution is 2.41. The molecular weight excluding hydrogens is 356 g/mol. The molecule has 4 rings (SSSR count). The minimum atomic E-state index is -0.459. The lowest BCUT2D eigenvalue weighted by atomic mass is 9.77. The van der Waals surface area contributed by atoms with Crippen molar-refractivity contribution in [3.63, 3.8) is 0 Å². The zero-order chi connectivity index (χ0) is 19.9. The van der Waals surface area contributed by atoms with Crippen molar-refractivity contribution in [2.45, 2.75) is 45.6 Å². The molecule has 2 saturated heterocycles. The van der Waals surface area contributed by atoms with Gasteiger partial charge in [0.25, 0.3) is 5.56 Å². The number of anilines is 1. The molecule has 0 atom stereocenters. The summed E-state index contributed by atoms with van der Waals surface area (Å²) < 4.78 is 5.54. The van der Waals surface area contributed by atoms with Gasteiger partial charge in [0.05, 0.1) is 11.6 Å². The lowest BCUT2D eigenvalue weighted by molar-refractivity contribution is 0.0266. The number of hydrogen-bond acceptors (Lipinski definition) is 5. The van der Waals surface area contributed by atoms with Gasteiger partial charge in [0.15, 0.2) is 0 Å². The summed E-state index contributed by atoms with van der Waals surface area (Å²) in [6.07, 6.45) is 4.58. The summed E-state index contributed by atoms with van der Waals surface area (Å²) in [6, 6.07) is 5.97. The third kappa shape index (κ3) is 3.70. The van der Waals surface area contributed by atoms with Gasteiger partial charge in [-0.15, -0.1) is 0 Å². The highest BCUT2D eigenvalue weighted by atomic mass is 16.6. The van der Waals surface area contributed by atoms with Crippen molar-refractivity contribution in [3.8, 4) is 0 Å². The normalized spacial score (nSPS) is 19.4. The summed E-state index contributed by atoms with van der Waals surface area (Å²) in [6.45, 7) is 9.11. The second-order valence-corrected chi connectivity index (χ2v) is 9.11. The molecule has 2 aliphatic rings. The van der Waals surface area contributed by atoms with Gasteiger partial charge in [-0.1, -0.05) is 6.07 Å². The van der Waals surface area contributed by atoms with E-state index in [-0.39, 0.29) is 17.1 Å². The minimum Gasteiger partial charge on any atom is -0.444 e. The van der Waals surface area contributed by atoms with E-state index in [1.165, 1.54) is 0 Å². The Bertz CT molecular complexity index is 939. The number of ether oxygens (including phenoxy) is 1. The van der Waals surface area contributed by atoms with Gasteiger partial charge >= 0.3 is 6.09 Å². The molecule has 150 valence electrons. The molecule has 0 aliphatic carbocycles. The van der Waals surface area contributed by atoms with Gasteiger partial charge in [-0.2, -0.15) is 5.10 Å². The van der Waals surface area contributed by atoms with E-state index in [0.29, 0.717) is 5.39 Å². The Balaban J connectivity index is 1.42. The number of aromatic nitrogens is 2. The number of aromatic amines is 1. The number of nitrogens with one attached hydrogen (secondary N) is 1. The largest absolute Gasteiger partial charge is 0.444 e. The lowest BCUT2D eigenvalue weighted by Crippen LogP contribution is -2.43. The molecule has 0 bridgehead atoms.